The Morgan fingerprint density at radius 3 is 2.64 bits per heavy atom. The molecule has 0 fully saturated rings. The molecule has 0 bridgehead atoms. The number of hydrogen-bond donors (Lipinski definition) is 1. The maximum atomic E-state index is 12.2. The molecule has 3 rings (SSSR count). The number of aromatic nitrogens is 3. The lowest BCUT2D eigenvalue weighted by Gasteiger charge is -2.15. The highest BCUT2D eigenvalue weighted by molar-refractivity contribution is 6.31. The van der Waals surface area contributed by atoms with Crippen molar-refractivity contribution in [3.63, 3.8) is 0 Å². The van der Waals surface area contributed by atoms with E-state index in [2.05, 4.69) is 15.4 Å². The molecule has 0 unspecified atom stereocenters. The van der Waals surface area contributed by atoms with Crippen LogP contribution in [0.2, 0.25) is 5.02 Å². The third kappa shape index (κ3) is 4.45. The summed E-state index contributed by atoms with van der Waals surface area (Å²) in [5, 5.41) is 7.82. The van der Waals surface area contributed by atoms with Gasteiger partial charge in [0.2, 0.25) is 5.91 Å². The number of nitrogens with zero attached hydrogens (tertiary/aromatic N) is 3. The summed E-state index contributed by atoms with van der Waals surface area (Å²) in [5.41, 5.74) is 2.96. The molecular weight excluding hydrogens is 336 g/mol. The van der Waals surface area contributed by atoms with Gasteiger partial charge < -0.3 is 5.32 Å². The number of carbonyl (C=O) groups is 1. The van der Waals surface area contributed by atoms with Crippen molar-refractivity contribution >= 4 is 17.5 Å². The topological polar surface area (TPSA) is 59.8 Å². The van der Waals surface area contributed by atoms with Gasteiger partial charge in [0, 0.05) is 11.4 Å². The Morgan fingerprint density at radius 2 is 1.96 bits per heavy atom. The van der Waals surface area contributed by atoms with E-state index in [-0.39, 0.29) is 11.9 Å². The molecule has 0 spiro atoms. The molecule has 0 aliphatic heterocycles. The van der Waals surface area contributed by atoms with E-state index >= 15 is 0 Å². The summed E-state index contributed by atoms with van der Waals surface area (Å²) >= 11 is 6.12. The lowest BCUT2D eigenvalue weighted by atomic mass is 10.1. The maximum absolute atomic E-state index is 12.2. The highest BCUT2D eigenvalue weighted by atomic mass is 35.5. The van der Waals surface area contributed by atoms with Crippen LogP contribution in [0.4, 0.5) is 0 Å². The Morgan fingerprint density at radius 1 is 1.20 bits per heavy atom. The smallest absolute Gasteiger partial charge is 0.220 e. The first-order valence-corrected chi connectivity index (χ1v) is 8.49. The second-order valence-corrected chi connectivity index (χ2v) is 6.22. The van der Waals surface area contributed by atoms with Crippen LogP contribution in [-0.4, -0.2) is 20.7 Å². The van der Waals surface area contributed by atoms with Crippen LogP contribution < -0.4 is 5.32 Å². The molecule has 3 aromatic rings. The molecule has 5 nitrogen and oxygen atoms in total. The van der Waals surface area contributed by atoms with Crippen LogP contribution >= 0.6 is 11.6 Å². The van der Waals surface area contributed by atoms with Crippen molar-refractivity contribution < 1.29 is 4.79 Å². The Labute approximate surface area is 151 Å². The zero-order chi connectivity index (χ0) is 17.6. The number of amides is 1. The van der Waals surface area contributed by atoms with Crippen molar-refractivity contribution in [3.8, 4) is 5.69 Å². The Hall–Kier alpha value is -2.66. The summed E-state index contributed by atoms with van der Waals surface area (Å²) in [6.07, 6.45) is 4.18. The SMILES string of the molecule is C[C@H](NC(=O)CCc1ccccc1Cl)c1ccc(-n2cncn2)cc1. The molecule has 1 atom stereocenters. The van der Waals surface area contributed by atoms with Crippen LogP contribution in [0.15, 0.2) is 61.2 Å². The molecule has 1 aromatic heterocycles. The molecule has 1 heterocycles. The lowest BCUT2D eigenvalue weighted by Crippen LogP contribution is -2.26. The molecule has 0 aliphatic rings. The second-order valence-electron chi connectivity index (χ2n) is 5.81. The van der Waals surface area contributed by atoms with E-state index in [1.165, 1.54) is 6.33 Å². The van der Waals surface area contributed by atoms with Gasteiger partial charge in [-0.05, 0) is 42.7 Å². The molecule has 0 saturated heterocycles. The van der Waals surface area contributed by atoms with Gasteiger partial charge in [0.15, 0.2) is 0 Å². The van der Waals surface area contributed by atoms with Gasteiger partial charge in [-0.1, -0.05) is 41.9 Å². The third-order valence-corrected chi connectivity index (χ3v) is 4.40. The minimum Gasteiger partial charge on any atom is -0.350 e. The van der Waals surface area contributed by atoms with Gasteiger partial charge in [0.05, 0.1) is 11.7 Å². The van der Waals surface area contributed by atoms with E-state index in [4.69, 9.17) is 11.6 Å². The van der Waals surface area contributed by atoms with Crippen molar-refractivity contribution in [2.24, 2.45) is 0 Å². The minimum absolute atomic E-state index is 0.00720. The number of benzene rings is 2. The predicted molar refractivity (Wildman–Crippen MR) is 97.7 cm³/mol. The fourth-order valence-electron chi connectivity index (χ4n) is 2.60. The van der Waals surface area contributed by atoms with Crippen LogP contribution in [-0.2, 0) is 11.2 Å². The second kappa shape index (κ2) is 7.94. The molecule has 0 radical (unpaired) electrons. The standard InChI is InChI=1S/C19H19ClN4O/c1-14(15-6-9-17(10-7-15)24-13-21-12-22-24)23-19(25)11-8-16-4-2-3-5-18(16)20/h2-7,9-10,12-14H,8,11H2,1H3,(H,23,25)/t14-/m0/s1. The fourth-order valence-corrected chi connectivity index (χ4v) is 2.83. The Balaban J connectivity index is 1.55. The van der Waals surface area contributed by atoms with E-state index in [0.717, 1.165) is 16.8 Å². The first-order chi connectivity index (χ1) is 12.1. The van der Waals surface area contributed by atoms with Crippen molar-refractivity contribution in [2.75, 3.05) is 0 Å². The number of carbonyl (C=O) groups excluding carboxylic acids is 1. The van der Waals surface area contributed by atoms with Crippen LogP contribution in [0.1, 0.15) is 30.5 Å². The fraction of sp³-hybridized carbons (Fsp3) is 0.211. The summed E-state index contributed by atoms with van der Waals surface area (Å²) in [5.74, 6) is 0.00720. The van der Waals surface area contributed by atoms with E-state index in [0.29, 0.717) is 17.9 Å². The zero-order valence-electron chi connectivity index (χ0n) is 13.9. The first kappa shape index (κ1) is 17.2. The van der Waals surface area contributed by atoms with Crippen LogP contribution in [0.3, 0.4) is 0 Å². The van der Waals surface area contributed by atoms with Crippen molar-refractivity contribution in [3.05, 3.63) is 77.3 Å². The van der Waals surface area contributed by atoms with E-state index in [1.807, 2.05) is 55.5 Å². The van der Waals surface area contributed by atoms with Crippen molar-refractivity contribution in [1.29, 1.82) is 0 Å². The largest absolute Gasteiger partial charge is 0.350 e. The van der Waals surface area contributed by atoms with Gasteiger partial charge in [0.1, 0.15) is 12.7 Å². The lowest BCUT2D eigenvalue weighted by molar-refractivity contribution is -0.121. The highest BCUT2D eigenvalue weighted by Gasteiger charge is 2.11. The number of halogens is 1. The van der Waals surface area contributed by atoms with Crippen molar-refractivity contribution in [2.45, 2.75) is 25.8 Å². The summed E-state index contributed by atoms with van der Waals surface area (Å²) in [6, 6.07) is 15.4. The van der Waals surface area contributed by atoms with Gasteiger partial charge in [-0.3, -0.25) is 4.79 Å². The summed E-state index contributed by atoms with van der Waals surface area (Å²) < 4.78 is 1.69. The highest BCUT2D eigenvalue weighted by Crippen LogP contribution is 2.18. The number of hydrogen-bond acceptors (Lipinski definition) is 3. The predicted octanol–water partition coefficient (Wildman–Crippen LogP) is 3.73. The number of nitrogens with one attached hydrogen (secondary N) is 1. The van der Waals surface area contributed by atoms with Crippen LogP contribution in [0, 0.1) is 0 Å². The van der Waals surface area contributed by atoms with Gasteiger partial charge >= 0.3 is 0 Å². The van der Waals surface area contributed by atoms with E-state index < -0.39 is 0 Å². The van der Waals surface area contributed by atoms with Crippen LogP contribution in [0.25, 0.3) is 5.69 Å². The molecule has 0 saturated carbocycles. The minimum atomic E-state index is -0.0662. The average Bonchev–Trinajstić information content (AvgIpc) is 3.16. The van der Waals surface area contributed by atoms with E-state index in [9.17, 15) is 4.79 Å². The monoisotopic (exact) mass is 354 g/mol. The number of rotatable bonds is 6. The molecule has 6 heteroatoms. The molecule has 0 aliphatic carbocycles. The molecule has 25 heavy (non-hydrogen) atoms. The Kier molecular flexibility index (Phi) is 5.46. The summed E-state index contributed by atoms with van der Waals surface area (Å²) in [7, 11) is 0. The normalized spacial score (nSPS) is 11.9. The molecule has 1 amide bonds. The van der Waals surface area contributed by atoms with E-state index in [1.54, 1.807) is 11.0 Å². The van der Waals surface area contributed by atoms with Gasteiger partial charge in [0.25, 0.3) is 0 Å². The molecule has 2 aromatic carbocycles. The molecular formula is C19H19ClN4O. The van der Waals surface area contributed by atoms with Gasteiger partial charge in [-0.15, -0.1) is 0 Å². The quantitative estimate of drug-likeness (QED) is 0.733. The summed E-state index contributed by atoms with van der Waals surface area (Å²) in [4.78, 5) is 16.1. The first-order valence-electron chi connectivity index (χ1n) is 8.11. The third-order valence-electron chi connectivity index (χ3n) is 4.03. The van der Waals surface area contributed by atoms with Gasteiger partial charge in [-0.2, -0.15) is 5.10 Å². The molecule has 128 valence electrons. The summed E-state index contributed by atoms with van der Waals surface area (Å²) in [6.45, 7) is 1.97. The van der Waals surface area contributed by atoms with Crippen molar-refractivity contribution in [1.82, 2.24) is 20.1 Å². The van der Waals surface area contributed by atoms with Crippen LogP contribution in [0.5, 0.6) is 0 Å². The number of aryl methyl sites for hydroxylation is 1. The van der Waals surface area contributed by atoms with Gasteiger partial charge in [-0.25, -0.2) is 9.67 Å². The zero-order valence-corrected chi connectivity index (χ0v) is 14.6. The maximum Gasteiger partial charge on any atom is 0.220 e. The Bertz CT molecular complexity index is 831. The average molecular weight is 355 g/mol. The molecule has 1 N–H and O–H groups in total.